The first-order chi connectivity index (χ1) is 10.2. The fourth-order valence-electron chi connectivity index (χ4n) is 2.86. The monoisotopic (exact) mass is 291 g/mol. The van der Waals surface area contributed by atoms with E-state index in [4.69, 9.17) is 4.74 Å². The zero-order valence-corrected chi connectivity index (χ0v) is 13.7. The van der Waals surface area contributed by atoms with Crippen molar-refractivity contribution >= 4 is 0 Å². The Hall–Kier alpha value is -1.00. The first kappa shape index (κ1) is 16.4. The standard InChI is InChI=1S/C17H29N3O/c1-4-17-18-12-16(13-19-17)15-6-9-20(10-7-15)8-5-11-21-14(2)3/h12-15H,4-11H2,1-3H3. The average Bonchev–Trinajstić information content (AvgIpc) is 2.52. The molecule has 0 radical (unpaired) electrons. The van der Waals surface area contributed by atoms with Gasteiger partial charge in [-0.2, -0.15) is 0 Å². The average molecular weight is 291 g/mol. The molecule has 0 N–H and O–H groups in total. The molecule has 0 unspecified atom stereocenters. The number of hydrogen-bond donors (Lipinski definition) is 0. The molecule has 4 nitrogen and oxygen atoms in total. The lowest BCUT2D eigenvalue weighted by Crippen LogP contribution is -2.34. The summed E-state index contributed by atoms with van der Waals surface area (Å²) < 4.78 is 5.60. The fraction of sp³-hybridized carbons (Fsp3) is 0.765. The molecule has 4 heteroatoms. The largest absolute Gasteiger partial charge is 0.379 e. The summed E-state index contributed by atoms with van der Waals surface area (Å²) in [6.07, 6.45) is 8.90. The van der Waals surface area contributed by atoms with E-state index >= 15 is 0 Å². The summed E-state index contributed by atoms with van der Waals surface area (Å²) in [5, 5.41) is 0. The van der Waals surface area contributed by atoms with Crippen LogP contribution in [0.15, 0.2) is 12.4 Å². The zero-order chi connectivity index (χ0) is 15.1. The Labute approximate surface area is 128 Å². The van der Waals surface area contributed by atoms with Crippen LogP contribution in [-0.2, 0) is 11.2 Å². The van der Waals surface area contributed by atoms with E-state index in [0.29, 0.717) is 12.0 Å². The van der Waals surface area contributed by atoms with E-state index in [1.54, 1.807) is 0 Å². The lowest BCUT2D eigenvalue weighted by atomic mass is 9.91. The highest BCUT2D eigenvalue weighted by atomic mass is 16.5. The molecule has 0 aliphatic carbocycles. The molecule has 2 rings (SSSR count). The van der Waals surface area contributed by atoms with Crippen molar-refractivity contribution in [1.82, 2.24) is 14.9 Å². The van der Waals surface area contributed by atoms with Crippen LogP contribution in [0.1, 0.15) is 57.3 Å². The summed E-state index contributed by atoms with van der Waals surface area (Å²) in [5.74, 6) is 1.58. The molecular weight excluding hydrogens is 262 g/mol. The minimum absolute atomic E-state index is 0.349. The molecule has 1 aliphatic rings. The molecule has 118 valence electrons. The van der Waals surface area contributed by atoms with Crippen LogP contribution in [0.5, 0.6) is 0 Å². The van der Waals surface area contributed by atoms with Gasteiger partial charge in [-0.05, 0) is 57.7 Å². The molecule has 2 heterocycles. The molecule has 1 saturated heterocycles. The second-order valence-electron chi connectivity index (χ2n) is 6.18. The van der Waals surface area contributed by atoms with Gasteiger partial charge < -0.3 is 9.64 Å². The minimum Gasteiger partial charge on any atom is -0.379 e. The summed E-state index contributed by atoms with van der Waals surface area (Å²) in [6, 6.07) is 0. The van der Waals surface area contributed by atoms with Crippen LogP contribution in [0.3, 0.4) is 0 Å². The van der Waals surface area contributed by atoms with Crippen molar-refractivity contribution in [2.45, 2.75) is 58.5 Å². The maximum Gasteiger partial charge on any atom is 0.127 e. The predicted molar refractivity (Wildman–Crippen MR) is 85.5 cm³/mol. The second-order valence-corrected chi connectivity index (χ2v) is 6.18. The molecule has 0 saturated carbocycles. The van der Waals surface area contributed by atoms with Crippen molar-refractivity contribution in [2.24, 2.45) is 0 Å². The Morgan fingerprint density at radius 3 is 2.48 bits per heavy atom. The van der Waals surface area contributed by atoms with Gasteiger partial charge in [0.1, 0.15) is 5.82 Å². The van der Waals surface area contributed by atoms with Crippen LogP contribution in [0.25, 0.3) is 0 Å². The summed E-state index contributed by atoms with van der Waals surface area (Å²) >= 11 is 0. The fourth-order valence-corrected chi connectivity index (χ4v) is 2.86. The van der Waals surface area contributed by atoms with Crippen molar-refractivity contribution in [3.05, 3.63) is 23.8 Å². The Balaban J connectivity index is 1.70. The number of aryl methyl sites for hydroxylation is 1. The Morgan fingerprint density at radius 1 is 1.24 bits per heavy atom. The van der Waals surface area contributed by atoms with Crippen molar-refractivity contribution < 1.29 is 4.74 Å². The quantitative estimate of drug-likeness (QED) is 0.724. The van der Waals surface area contributed by atoms with Crippen LogP contribution >= 0.6 is 0 Å². The smallest absolute Gasteiger partial charge is 0.127 e. The molecule has 0 amide bonds. The van der Waals surface area contributed by atoms with E-state index in [2.05, 4.69) is 35.6 Å². The number of aromatic nitrogens is 2. The maximum atomic E-state index is 5.60. The first-order valence-corrected chi connectivity index (χ1v) is 8.33. The molecule has 0 bridgehead atoms. The molecule has 21 heavy (non-hydrogen) atoms. The van der Waals surface area contributed by atoms with E-state index < -0.39 is 0 Å². The third-order valence-corrected chi connectivity index (χ3v) is 4.17. The summed E-state index contributed by atoms with van der Waals surface area (Å²) in [7, 11) is 0. The molecule has 0 atom stereocenters. The van der Waals surface area contributed by atoms with Crippen molar-refractivity contribution in [1.29, 1.82) is 0 Å². The molecule has 1 aromatic rings. The van der Waals surface area contributed by atoms with Gasteiger partial charge in [0.25, 0.3) is 0 Å². The minimum atomic E-state index is 0.349. The molecule has 1 aliphatic heterocycles. The van der Waals surface area contributed by atoms with Gasteiger partial charge in [-0.25, -0.2) is 9.97 Å². The molecule has 0 spiro atoms. The first-order valence-electron chi connectivity index (χ1n) is 8.33. The van der Waals surface area contributed by atoms with E-state index in [-0.39, 0.29) is 0 Å². The number of rotatable bonds is 7. The van der Waals surface area contributed by atoms with Gasteiger partial charge in [0.2, 0.25) is 0 Å². The summed E-state index contributed by atoms with van der Waals surface area (Å²) in [6.45, 7) is 10.7. The van der Waals surface area contributed by atoms with Gasteiger partial charge in [0.15, 0.2) is 0 Å². The Kier molecular flexibility index (Phi) is 6.58. The highest BCUT2D eigenvalue weighted by molar-refractivity contribution is 5.12. The van der Waals surface area contributed by atoms with Gasteiger partial charge in [0, 0.05) is 32.0 Å². The van der Waals surface area contributed by atoms with Gasteiger partial charge in [-0.1, -0.05) is 6.92 Å². The molecule has 0 aromatic carbocycles. The molecule has 1 fully saturated rings. The van der Waals surface area contributed by atoms with Crippen molar-refractivity contribution in [3.8, 4) is 0 Å². The van der Waals surface area contributed by atoms with E-state index in [0.717, 1.165) is 31.8 Å². The van der Waals surface area contributed by atoms with E-state index in [1.165, 1.54) is 31.5 Å². The highest BCUT2D eigenvalue weighted by Gasteiger charge is 2.20. The third-order valence-electron chi connectivity index (χ3n) is 4.17. The van der Waals surface area contributed by atoms with Crippen LogP contribution in [0, 0.1) is 0 Å². The van der Waals surface area contributed by atoms with Crippen LogP contribution in [-0.4, -0.2) is 47.2 Å². The zero-order valence-electron chi connectivity index (χ0n) is 13.7. The topological polar surface area (TPSA) is 38.2 Å². The third kappa shape index (κ3) is 5.36. The van der Waals surface area contributed by atoms with E-state index in [1.807, 2.05) is 12.4 Å². The number of piperidine rings is 1. The Bertz CT molecular complexity index is 397. The summed E-state index contributed by atoms with van der Waals surface area (Å²) in [5.41, 5.74) is 1.31. The van der Waals surface area contributed by atoms with Gasteiger partial charge in [-0.15, -0.1) is 0 Å². The Morgan fingerprint density at radius 2 is 1.90 bits per heavy atom. The second kappa shape index (κ2) is 8.44. The van der Waals surface area contributed by atoms with Crippen molar-refractivity contribution in [2.75, 3.05) is 26.2 Å². The number of hydrogen-bond acceptors (Lipinski definition) is 4. The van der Waals surface area contributed by atoms with Crippen molar-refractivity contribution in [3.63, 3.8) is 0 Å². The SMILES string of the molecule is CCc1ncc(C2CCN(CCCOC(C)C)CC2)cn1. The van der Waals surface area contributed by atoms with Gasteiger partial charge in [0.05, 0.1) is 6.10 Å². The van der Waals surface area contributed by atoms with Crippen LogP contribution in [0.2, 0.25) is 0 Å². The van der Waals surface area contributed by atoms with Crippen LogP contribution in [0.4, 0.5) is 0 Å². The lowest BCUT2D eigenvalue weighted by Gasteiger charge is -2.31. The predicted octanol–water partition coefficient (Wildman–Crippen LogP) is 3.03. The number of likely N-dealkylation sites (tertiary alicyclic amines) is 1. The normalized spacial score (nSPS) is 17.5. The maximum absolute atomic E-state index is 5.60. The van der Waals surface area contributed by atoms with Gasteiger partial charge >= 0.3 is 0 Å². The van der Waals surface area contributed by atoms with E-state index in [9.17, 15) is 0 Å². The number of ether oxygens (including phenoxy) is 1. The molecular formula is C17H29N3O. The lowest BCUT2D eigenvalue weighted by molar-refractivity contribution is 0.0684. The van der Waals surface area contributed by atoms with Gasteiger partial charge in [-0.3, -0.25) is 0 Å². The summed E-state index contributed by atoms with van der Waals surface area (Å²) in [4.78, 5) is 11.4. The van der Waals surface area contributed by atoms with Crippen LogP contribution < -0.4 is 0 Å². The molecule has 1 aromatic heterocycles. The number of nitrogens with zero attached hydrogens (tertiary/aromatic N) is 3. The highest BCUT2D eigenvalue weighted by Crippen LogP contribution is 2.27.